The Morgan fingerprint density at radius 1 is 1.12 bits per heavy atom. The highest BCUT2D eigenvalue weighted by atomic mass is 16.6. The molecule has 142 valence electrons. The van der Waals surface area contributed by atoms with E-state index < -0.39 is 5.60 Å². The number of carbonyl (C=O) groups excluding carboxylic acids is 1. The van der Waals surface area contributed by atoms with Gasteiger partial charge in [-0.3, -0.25) is 4.79 Å². The van der Waals surface area contributed by atoms with Gasteiger partial charge in [-0.15, -0.1) is 0 Å². The monoisotopic (exact) mass is 353 g/mol. The third-order valence-electron chi connectivity index (χ3n) is 3.20. The number of anilines is 1. The first kappa shape index (κ1) is 21.1. The van der Waals surface area contributed by atoms with Crippen molar-refractivity contribution in [2.24, 2.45) is 5.41 Å². The van der Waals surface area contributed by atoms with E-state index in [9.17, 15) is 4.79 Å². The summed E-state index contributed by atoms with van der Waals surface area (Å²) in [6.45, 7) is 10.9. The van der Waals surface area contributed by atoms with Gasteiger partial charge in [0.1, 0.15) is 17.1 Å². The largest absolute Gasteiger partial charge is 0.494 e. The van der Waals surface area contributed by atoms with Crippen molar-refractivity contribution in [2.45, 2.75) is 46.6 Å². The van der Waals surface area contributed by atoms with Gasteiger partial charge >= 0.3 is 5.97 Å². The summed E-state index contributed by atoms with van der Waals surface area (Å²) < 4.78 is 21.8. The van der Waals surface area contributed by atoms with Crippen molar-refractivity contribution in [2.75, 3.05) is 32.7 Å². The van der Waals surface area contributed by atoms with Crippen LogP contribution in [0.4, 0.5) is 5.69 Å². The standard InChI is InChI=1S/C19H31NO5/c1-18(2,3)25-17(21)9-10-23-12-19(4,5)13-24-14-7-8-15(20)16(11-14)22-6/h7-8,11H,9-10,12-13,20H2,1-6H3. The summed E-state index contributed by atoms with van der Waals surface area (Å²) in [6, 6.07) is 5.31. The fourth-order valence-corrected chi connectivity index (χ4v) is 2.00. The van der Waals surface area contributed by atoms with Gasteiger partial charge < -0.3 is 24.7 Å². The van der Waals surface area contributed by atoms with Crippen molar-refractivity contribution >= 4 is 11.7 Å². The Morgan fingerprint density at radius 3 is 2.40 bits per heavy atom. The van der Waals surface area contributed by atoms with E-state index >= 15 is 0 Å². The van der Waals surface area contributed by atoms with Crippen molar-refractivity contribution in [1.82, 2.24) is 0 Å². The van der Waals surface area contributed by atoms with Gasteiger partial charge in [0.15, 0.2) is 0 Å². The number of ether oxygens (including phenoxy) is 4. The minimum Gasteiger partial charge on any atom is -0.494 e. The van der Waals surface area contributed by atoms with E-state index in [0.29, 0.717) is 37.0 Å². The minimum absolute atomic E-state index is 0.206. The molecule has 0 fully saturated rings. The van der Waals surface area contributed by atoms with Gasteiger partial charge in [0, 0.05) is 11.5 Å². The Labute approximate surface area is 150 Å². The average Bonchev–Trinajstić information content (AvgIpc) is 2.49. The van der Waals surface area contributed by atoms with E-state index in [2.05, 4.69) is 0 Å². The molecule has 0 amide bonds. The SMILES string of the molecule is COc1cc(OCC(C)(C)COCCC(=O)OC(C)(C)C)ccc1N. The van der Waals surface area contributed by atoms with Crippen LogP contribution in [0.2, 0.25) is 0 Å². The average molecular weight is 353 g/mol. The summed E-state index contributed by atoms with van der Waals surface area (Å²) in [7, 11) is 1.57. The van der Waals surface area contributed by atoms with Crippen LogP contribution in [0.5, 0.6) is 11.5 Å². The second-order valence-corrected chi connectivity index (χ2v) is 7.75. The zero-order chi connectivity index (χ0) is 19.1. The normalized spacial score (nSPS) is 11.9. The van der Waals surface area contributed by atoms with E-state index in [-0.39, 0.29) is 17.8 Å². The Bertz CT molecular complexity index is 563. The molecule has 0 heterocycles. The lowest BCUT2D eigenvalue weighted by Crippen LogP contribution is -2.28. The van der Waals surface area contributed by atoms with Crippen LogP contribution in [-0.2, 0) is 14.3 Å². The summed E-state index contributed by atoms with van der Waals surface area (Å²) in [5.41, 5.74) is 5.68. The molecule has 2 N–H and O–H groups in total. The Hall–Kier alpha value is -1.95. The predicted octanol–water partition coefficient (Wildman–Crippen LogP) is 3.43. The van der Waals surface area contributed by atoms with E-state index in [4.69, 9.17) is 24.7 Å². The van der Waals surface area contributed by atoms with Crippen LogP contribution in [0.3, 0.4) is 0 Å². The summed E-state index contributed by atoms with van der Waals surface area (Å²) >= 11 is 0. The molecular weight excluding hydrogens is 322 g/mol. The van der Waals surface area contributed by atoms with E-state index in [1.807, 2.05) is 34.6 Å². The first-order valence-corrected chi connectivity index (χ1v) is 8.38. The highest BCUT2D eigenvalue weighted by Crippen LogP contribution is 2.27. The fraction of sp³-hybridized carbons (Fsp3) is 0.632. The smallest absolute Gasteiger partial charge is 0.308 e. The van der Waals surface area contributed by atoms with Crippen LogP contribution in [0.1, 0.15) is 41.0 Å². The Kier molecular flexibility index (Phi) is 7.55. The Morgan fingerprint density at radius 2 is 1.80 bits per heavy atom. The van der Waals surface area contributed by atoms with Crippen LogP contribution >= 0.6 is 0 Å². The first-order chi connectivity index (χ1) is 11.5. The number of hydrogen-bond acceptors (Lipinski definition) is 6. The number of esters is 1. The van der Waals surface area contributed by atoms with Gasteiger partial charge in [0.2, 0.25) is 0 Å². The molecule has 0 bridgehead atoms. The molecule has 0 aliphatic carbocycles. The molecule has 0 aromatic heterocycles. The molecule has 6 nitrogen and oxygen atoms in total. The van der Waals surface area contributed by atoms with Crippen LogP contribution in [-0.4, -0.2) is 38.5 Å². The second-order valence-electron chi connectivity index (χ2n) is 7.75. The maximum atomic E-state index is 11.6. The maximum Gasteiger partial charge on any atom is 0.308 e. The van der Waals surface area contributed by atoms with Crippen molar-refractivity contribution in [3.63, 3.8) is 0 Å². The molecule has 0 spiro atoms. The van der Waals surface area contributed by atoms with Gasteiger partial charge in [0.05, 0.1) is 39.0 Å². The molecule has 0 aliphatic heterocycles. The molecule has 25 heavy (non-hydrogen) atoms. The summed E-state index contributed by atoms with van der Waals surface area (Å²) in [6.07, 6.45) is 0.239. The highest BCUT2D eigenvalue weighted by Gasteiger charge is 2.21. The fourth-order valence-electron chi connectivity index (χ4n) is 2.00. The molecule has 0 saturated carbocycles. The highest BCUT2D eigenvalue weighted by molar-refractivity contribution is 5.69. The first-order valence-electron chi connectivity index (χ1n) is 8.38. The minimum atomic E-state index is -0.468. The summed E-state index contributed by atoms with van der Waals surface area (Å²) in [4.78, 5) is 11.6. The van der Waals surface area contributed by atoms with Gasteiger partial charge in [-0.1, -0.05) is 13.8 Å². The number of carbonyl (C=O) groups is 1. The van der Waals surface area contributed by atoms with Crippen LogP contribution < -0.4 is 15.2 Å². The molecule has 0 unspecified atom stereocenters. The number of hydrogen-bond donors (Lipinski definition) is 1. The van der Waals surface area contributed by atoms with Crippen molar-refractivity contribution in [1.29, 1.82) is 0 Å². The molecule has 0 atom stereocenters. The summed E-state index contributed by atoms with van der Waals surface area (Å²) in [5.74, 6) is 1.02. The van der Waals surface area contributed by atoms with Crippen LogP contribution in [0.15, 0.2) is 18.2 Å². The lowest BCUT2D eigenvalue weighted by Gasteiger charge is -2.25. The van der Waals surface area contributed by atoms with Gasteiger partial charge in [-0.05, 0) is 32.9 Å². The number of nitrogen functional groups attached to an aromatic ring is 1. The van der Waals surface area contributed by atoms with Crippen LogP contribution in [0, 0.1) is 5.41 Å². The molecule has 0 saturated heterocycles. The van der Waals surface area contributed by atoms with Gasteiger partial charge in [-0.2, -0.15) is 0 Å². The van der Waals surface area contributed by atoms with Crippen LogP contribution in [0.25, 0.3) is 0 Å². The predicted molar refractivity (Wildman–Crippen MR) is 98.0 cm³/mol. The summed E-state index contributed by atoms with van der Waals surface area (Å²) in [5, 5.41) is 0. The third-order valence-corrected chi connectivity index (χ3v) is 3.20. The maximum absolute atomic E-state index is 11.6. The number of methoxy groups -OCH3 is 1. The van der Waals surface area contributed by atoms with Crippen molar-refractivity contribution in [3.05, 3.63) is 18.2 Å². The quantitative estimate of drug-likeness (QED) is 0.416. The van der Waals surface area contributed by atoms with Crippen molar-refractivity contribution < 1.29 is 23.7 Å². The van der Waals surface area contributed by atoms with E-state index in [1.165, 1.54) is 0 Å². The molecular formula is C19H31NO5. The molecule has 0 aliphatic rings. The second kappa shape index (κ2) is 8.94. The molecule has 1 aromatic rings. The Balaban J connectivity index is 2.35. The van der Waals surface area contributed by atoms with E-state index in [0.717, 1.165) is 0 Å². The zero-order valence-corrected chi connectivity index (χ0v) is 16.2. The number of rotatable bonds is 9. The third kappa shape index (κ3) is 8.63. The topological polar surface area (TPSA) is 80.0 Å². The van der Waals surface area contributed by atoms with E-state index in [1.54, 1.807) is 25.3 Å². The molecule has 0 radical (unpaired) electrons. The number of benzene rings is 1. The van der Waals surface area contributed by atoms with Gasteiger partial charge in [0.25, 0.3) is 0 Å². The lowest BCUT2D eigenvalue weighted by atomic mass is 9.96. The lowest BCUT2D eigenvalue weighted by molar-refractivity contribution is -0.156. The number of nitrogens with two attached hydrogens (primary N) is 1. The molecule has 1 rings (SSSR count). The molecule has 1 aromatic carbocycles. The zero-order valence-electron chi connectivity index (χ0n) is 16.2. The molecule has 6 heteroatoms. The van der Waals surface area contributed by atoms with Gasteiger partial charge in [-0.25, -0.2) is 0 Å². The van der Waals surface area contributed by atoms with Crippen molar-refractivity contribution in [3.8, 4) is 11.5 Å².